The van der Waals surface area contributed by atoms with E-state index in [1.54, 1.807) is 6.92 Å². The molecule has 5 heteroatoms. The molecule has 3 unspecified atom stereocenters. The lowest BCUT2D eigenvalue weighted by Gasteiger charge is -2.39. The van der Waals surface area contributed by atoms with Crippen molar-refractivity contribution in [2.75, 3.05) is 19.6 Å². The molecule has 2 amide bonds. The average molecular weight is 295 g/mol. The fourth-order valence-electron chi connectivity index (χ4n) is 3.74. The maximum atomic E-state index is 12.7. The molecular formula is C16H29N3O2. The molecule has 1 heterocycles. The van der Waals surface area contributed by atoms with Crippen LogP contribution in [0.5, 0.6) is 0 Å². The van der Waals surface area contributed by atoms with Gasteiger partial charge in [0.15, 0.2) is 0 Å². The van der Waals surface area contributed by atoms with E-state index in [9.17, 15) is 9.59 Å². The molecule has 0 spiro atoms. The Kier molecular flexibility index (Phi) is 5.62. The van der Waals surface area contributed by atoms with Crippen LogP contribution in [0.1, 0.15) is 46.0 Å². The standard InChI is InChI=1S/C16H29N3O2/c1-11-4-3-5-14(17)15(11)16(21)19-8-6-13(7-9-19)10-18-12(2)20/h11,13-15H,3-10,17H2,1-2H3,(H,18,20). The van der Waals surface area contributed by atoms with E-state index in [0.29, 0.717) is 11.8 Å². The lowest BCUT2D eigenvalue weighted by atomic mass is 9.76. The van der Waals surface area contributed by atoms with Crippen LogP contribution in [0.15, 0.2) is 0 Å². The van der Waals surface area contributed by atoms with E-state index in [2.05, 4.69) is 12.2 Å². The number of hydrogen-bond acceptors (Lipinski definition) is 3. The number of piperidine rings is 1. The fraction of sp³-hybridized carbons (Fsp3) is 0.875. The Bertz CT molecular complexity index is 368. The van der Waals surface area contributed by atoms with Crippen molar-refractivity contribution in [3.63, 3.8) is 0 Å². The molecule has 0 aromatic heterocycles. The second-order valence-corrected chi connectivity index (χ2v) is 6.80. The van der Waals surface area contributed by atoms with Gasteiger partial charge in [-0.05, 0) is 37.5 Å². The van der Waals surface area contributed by atoms with Gasteiger partial charge in [-0.2, -0.15) is 0 Å². The Hall–Kier alpha value is -1.10. The Morgan fingerprint density at radius 1 is 1.19 bits per heavy atom. The van der Waals surface area contributed by atoms with Gasteiger partial charge < -0.3 is 16.0 Å². The van der Waals surface area contributed by atoms with Crippen molar-refractivity contribution >= 4 is 11.8 Å². The van der Waals surface area contributed by atoms with Gasteiger partial charge in [-0.1, -0.05) is 13.3 Å². The van der Waals surface area contributed by atoms with Crippen molar-refractivity contribution in [1.82, 2.24) is 10.2 Å². The quantitative estimate of drug-likeness (QED) is 0.819. The maximum absolute atomic E-state index is 12.7. The average Bonchev–Trinajstić information content (AvgIpc) is 2.45. The summed E-state index contributed by atoms with van der Waals surface area (Å²) in [5, 5.41) is 2.87. The molecule has 2 fully saturated rings. The molecule has 0 aromatic rings. The van der Waals surface area contributed by atoms with Gasteiger partial charge in [-0.3, -0.25) is 9.59 Å². The number of nitrogens with one attached hydrogen (secondary N) is 1. The lowest BCUT2D eigenvalue weighted by molar-refractivity contribution is -0.140. The Labute approximate surface area is 127 Å². The van der Waals surface area contributed by atoms with E-state index >= 15 is 0 Å². The minimum Gasteiger partial charge on any atom is -0.356 e. The molecular weight excluding hydrogens is 266 g/mol. The van der Waals surface area contributed by atoms with Gasteiger partial charge in [0.25, 0.3) is 0 Å². The predicted molar refractivity (Wildman–Crippen MR) is 82.5 cm³/mol. The van der Waals surface area contributed by atoms with Crippen LogP contribution in [0.2, 0.25) is 0 Å². The highest BCUT2D eigenvalue weighted by molar-refractivity contribution is 5.80. The maximum Gasteiger partial charge on any atom is 0.227 e. The minimum absolute atomic E-state index is 0.00523. The minimum atomic E-state index is 0.00523. The molecule has 2 aliphatic rings. The summed E-state index contributed by atoms with van der Waals surface area (Å²) in [6, 6.07) is 0.0263. The number of amides is 2. The molecule has 3 atom stereocenters. The van der Waals surface area contributed by atoms with E-state index in [1.807, 2.05) is 4.90 Å². The highest BCUT2D eigenvalue weighted by Crippen LogP contribution is 2.31. The molecule has 5 nitrogen and oxygen atoms in total. The molecule has 0 bridgehead atoms. The zero-order chi connectivity index (χ0) is 15.4. The third-order valence-electron chi connectivity index (χ3n) is 5.12. The second-order valence-electron chi connectivity index (χ2n) is 6.80. The summed E-state index contributed by atoms with van der Waals surface area (Å²) in [6.07, 6.45) is 5.18. The van der Waals surface area contributed by atoms with Crippen LogP contribution in [0.3, 0.4) is 0 Å². The second kappa shape index (κ2) is 7.25. The summed E-state index contributed by atoms with van der Waals surface area (Å²) >= 11 is 0. The van der Waals surface area contributed by atoms with Crippen LogP contribution < -0.4 is 11.1 Å². The first-order valence-electron chi connectivity index (χ1n) is 8.28. The van der Waals surface area contributed by atoms with Crippen LogP contribution in [0.4, 0.5) is 0 Å². The molecule has 1 saturated carbocycles. The molecule has 1 aliphatic heterocycles. The van der Waals surface area contributed by atoms with E-state index in [1.165, 1.54) is 0 Å². The van der Waals surface area contributed by atoms with E-state index in [0.717, 1.165) is 51.7 Å². The van der Waals surface area contributed by atoms with Crippen LogP contribution in [-0.4, -0.2) is 42.4 Å². The number of nitrogens with two attached hydrogens (primary N) is 1. The first kappa shape index (κ1) is 16.3. The van der Waals surface area contributed by atoms with Gasteiger partial charge in [-0.15, -0.1) is 0 Å². The number of carbonyl (C=O) groups is 2. The van der Waals surface area contributed by atoms with Crippen molar-refractivity contribution < 1.29 is 9.59 Å². The van der Waals surface area contributed by atoms with Gasteiger partial charge in [0, 0.05) is 32.6 Å². The number of hydrogen-bond donors (Lipinski definition) is 2. The van der Waals surface area contributed by atoms with Crippen LogP contribution in [-0.2, 0) is 9.59 Å². The van der Waals surface area contributed by atoms with E-state index < -0.39 is 0 Å². The first-order chi connectivity index (χ1) is 9.99. The van der Waals surface area contributed by atoms with Crippen LogP contribution in [0.25, 0.3) is 0 Å². The number of likely N-dealkylation sites (tertiary alicyclic amines) is 1. The molecule has 1 aliphatic carbocycles. The van der Waals surface area contributed by atoms with Crippen molar-refractivity contribution in [1.29, 1.82) is 0 Å². The van der Waals surface area contributed by atoms with Crippen molar-refractivity contribution in [3.8, 4) is 0 Å². The highest BCUT2D eigenvalue weighted by Gasteiger charge is 2.37. The molecule has 1 saturated heterocycles. The Morgan fingerprint density at radius 3 is 2.43 bits per heavy atom. The highest BCUT2D eigenvalue weighted by atomic mass is 16.2. The SMILES string of the molecule is CC(=O)NCC1CCN(C(=O)C2C(C)CCCC2N)CC1. The van der Waals surface area contributed by atoms with Crippen LogP contribution in [0, 0.1) is 17.8 Å². The normalized spacial score (nSPS) is 31.0. The Morgan fingerprint density at radius 2 is 1.86 bits per heavy atom. The zero-order valence-corrected chi connectivity index (χ0v) is 13.3. The molecule has 120 valence electrons. The van der Waals surface area contributed by atoms with Gasteiger partial charge in [0.05, 0.1) is 5.92 Å². The summed E-state index contributed by atoms with van der Waals surface area (Å²) in [6.45, 7) is 6.05. The third-order valence-corrected chi connectivity index (χ3v) is 5.12. The largest absolute Gasteiger partial charge is 0.356 e. The van der Waals surface area contributed by atoms with E-state index in [-0.39, 0.29) is 23.8 Å². The summed E-state index contributed by atoms with van der Waals surface area (Å²) in [7, 11) is 0. The summed E-state index contributed by atoms with van der Waals surface area (Å²) in [5.41, 5.74) is 6.19. The van der Waals surface area contributed by atoms with E-state index in [4.69, 9.17) is 5.73 Å². The first-order valence-corrected chi connectivity index (χ1v) is 8.28. The van der Waals surface area contributed by atoms with Gasteiger partial charge in [-0.25, -0.2) is 0 Å². The third kappa shape index (κ3) is 4.19. The summed E-state index contributed by atoms with van der Waals surface area (Å²) in [4.78, 5) is 25.7. The lowest BCUT2D eigenvalue weighted by Crippen LogP contribution is -2.51. The number of carbonyl (C=O) groups excluding carboxylic acids is 2. The molecule has 3 N–H and O–H groups in total. The molecule has 0 radical (unpaired) electrons. The summed E-state index contributed by atoms with van der Waals surface area (Å²) in [5.74, 6) is 1.18. The van der Waals surface area contributed by atoms with Gasteiger partial charge in [0.1, 0.15) is 0 Å². The monoisotopic (exact) mass is 295 g/mol. The number of rotatable bonds is 3. The van der Waals surface area contributed by atoms with Crippen LogP contribution >= 0.6 is 0 Å². The van der Waals surface area contributed by atoms with Crippen molar-refractivity contribution in [3.05, 3.63) is 0 Å². The van der Waals surface area contributed by atoms with Crippen molar-refractivity contribution in [2.24, 2.45) is 23.5 Å². The predicted octanol–water partition coefficient (Wildman–Crippen LogP) is 1.12. The smallest absolute Gasteiger partial charge is 0.227 e. The van der Waals surface area contributed by atoms with Gasteiger partial charge >= 0.3 is 0 Å². The fourth-order valence-corrected chi connectivity index (χ4v) is 3.74. The van der Waals surface area contributed by atoms with Crippen molar-refractivity contribution in [2.45, 2.75) is 52.0 Å². The topological polar surface area (TPSA) is 75.4 Å². The molecule has 0 aromatic carbocycles. The Balaban J connectivity index is 1.83. The molecule has 2 rings (SSSR count). The zero-order valence-electron chi connectivity index (χ0n) is 13.3. The van der Waals surface area contributed by atoms with Gasteiger partial charge in [0.2, 0.25) is 11.8 Å². The summed E-state index contributed by atoms with van der Waals surface area (Å²) < 4.78 is 0. The molecule has 21 heavy (non-hydrogen) atoms. The number of nitrogens with zero attached hydrogens (tertiary/aromatic N) is 1.